The molecule has 1 aromatic carbocycles. The first-order valence-electron chi connectivity index (χ1n) is 7.82. The average Bonchev–Trinajstić information content (AvgIpc) is 2.47. The Bertz CT molecular complexity index is 435. The van der Waals surface area contributed by atoms with Crippen molar-refractivity contribution in [3.05, 3.63) is 23.8 Å². The number of anilines is 2. The van der Waals surface area contributed by atoms with Crippen molar-refractivity contribution >= 4 is 11.4 Å². The molecule has 0 aromatic heterocycles. The summed E-state index contributed by atoms with van der Waals surface area (Å²) in [6.45, 7) is 1.20. The van der Waals surface area contributed by atoms with Gasteiger partial charge in [-0.15, -0.1) is 0 Å². The van der Waals surface area contributed by atoms with Crippen molar-refractivity contribution in [2.24, 2.45) is 0 Å². The zero-order valence-electron chi connectivity index (χ0n) is 12.4. The predicted molar refractivity (Wildman–Crippen MR) is 83.3 cm³/mol. The molecule has 0 spiro atoms. The van der Waals surface area contributed by atoms with E-state index in [4.69, 9.17) is 0 Å². The van der Waals surface area contributed by atoms with Crippen LogP contribution >= 0.6 is 0 Å². The molecule has 1 aliphatic carbocycles. The Kier molecular flexibility index (Phi) is 3.67. The van der Waals surface area contributed by atoms with Gasteiger partial charge >= 0.3 is 0 Å². The Morgan fingerprint density at radius 2 is 1.89 bits per heavy atom. The van der Waals surface area contributed by atoms with Gasteiger partial charge in [-0.3, -0.25) is 0 Å². The van der Waals surface area contributed by atoms with Crippen molar-refractivity contribution in [2.45, 2.75) is 51.0 Å². The van der Waals surface area contributed by atoms with Gasteiger partial charge in [0.25, 0.3) is 0 Å². The molecule has 1 saturated carbocycles. The maximum Gasteiger partial charge on any atom is 0.0397 e. The van der Waals surface area contributed by atoms with E-state index in [1.807, 2.05) is 0 Å². The lowest BCUT2D eigenvalue weighted by Crippen LogP contribution is -2.33. The van der Waals surface area contributed by atoms with Gasteiger partial charge in [0, 0.05) is 38.1 Å². The molecule has 1 aliphatic heterocycles. The van der Waals surface area contributed by atoms with Crippen LogP contribution in [0.15, 0.2) is 18.2 Å². The normalized spacial score (nSPS) is 20.2. The molecule has 1 aromatic rings. The highest BCUT2D eigenvalue weighted by molar-refractivity contribution is 5.63. The van der Waals surface area contributed by atoms with Gasteiger partial charge < -0.3 is 9.80 Å². The van der Waals surface area contributed by atoms with Crippen LogP contribution in [0.25, 0.3) is 0 Å². The van der Waals surface area contributed by atoms with Crippen LogP contribution in [0.4, 0.5) is 11.4 Å². The average molecular weight is 258 g/mol. The van der Waals surface area contributed by atoms with Gasteiger partial charge in [0.05, 0.1) is 0 Å². The molecule has 2 aliphatic rings. The van der Waals surface area contributed by atoms with Crippen molar-refractivity contribution in [2.75, 3.05) is 30.4 Å². The van der Waals surface area contributed by atoms with Gasteiger partial charge in [-0.1, -0.05) is 19.3 Å². The molecule has 3 rings (SSSR count). The largest absolute Gasteiger partial charge is 0.374 e. The predicted octanol–water partition coefficient (Wildman–Crippen LogP) is 3.84. The second kappa shape index (κ2) is 5.44. The lowest BCUT2D eigenvalue weighted by molar-refractivity contribution is 0.427. The minimum absolute atomic E-state index is 0.758. The zero-order valence-corrected chi connectivity index (χ0v) is 12.4. The molecular formula is C17H26N2. The summed E-state index contributed by atoms with van der Waals surface area (Å²) in [4.78, 5) is 4.91. The molecule has 0 radical (unpaired) electrons. The minimum Gasteiger partial charge on any atom is -0.374 e. The van der Waals surface area contributed by atoms with Crippen LogP contribution in [0.1, 0.15) is 44.1 Å². The summed E-state index contributed by atoms with van der Waals surface area (Å²) in [5, 5.41) is 0. The first-order valence-corrected chi connectivity index (χ1v) is 7.82. The number of fused-ring (bicyclic) bond motifs is 1. The van der Waals surface area contributed by atoms with E-state index in [1.54, 1.807) is 0 Å². The maximum absolute atomic E-state index is 2.52. The Labute approximate surface area is 117 Å². The summed E-state index contributed by atoms with van der Waals surface area (Å²) in [5.74, 6) is 0. The van der Waals surface area contributed by atoms with Crippen LogP contribution in [0.2, 0.25) is 0 Å². The summed E-state index contributed by atoms with van der Waals surface area (Å²) in [7, 11) is 4.49. The van der Waals surface area contributed by atoms with E-state index in [9.17, 15) is 0 Å². The Morgan fingerprint density at radius 3 is 2.68 bits per heavy atom. The minimum atomic E-state index is 0.758. The van der Waals surface area contributed by atoms with Gasteiger partial charge in [-0.2, -0.15) is 0 Å². The molecule has 2 nitrogen and oxygen atoms in total. The second-order valence-corrected chi connectivity index (χ2v) is 6.24. The number of benzene rings is 1. The first-order chi connectivity index (χ1) is 9.25. The van der Waals surface area contributed by atoms with Crippen LogP contribution in [-0.2, 0) is 6.42 Å². The topological polar surface area (TPSA) is 6.48 Å². The van der Waals surface area contributed by atoms with Crippen molar-refractivity contribution in [1.82, 2.24) is 0 Å². The highest BCUT2D eigenvalue weighted by Crippen LogP contribution is 2.32. The van der Waals surface area contributed by atoms with Gasteiger partial charge in [-0.05, 0) is 49.4 Å². The van der Waals surface area contributed by atoms with Crippen LogP contribution in [0, 0.1) is 0 Å². The van der Waals surface area contributed by atoms with Gasteiger partial charge in [0.2, 0.25) is 0 Å². The third-order valence-electron chi connectivity index (χ3n) is 4.94. The molecule has 1 fully saturated rings. The maximum atomic E-state index is 2.52. The van der Waals surface area contributed by atoms with Crippen molar-refractivity contribution in [1.29, 1.82) is 0 Å². The fourth-order valence-electron chi connectivity index (χ4n) is 3.67. The highest BCUT2D eigenvalue weighted by Gasteiger charge is 2.20. The fraction of sp³-hybridized carbons (Fsp3) is 0.647. The molecule has 104 valence electrons. The van der Waals surface area contributed by atoms with Crippen LogP contribution in [-0.4, -0.2) is 26.7 Å². The summed E-state index contributed by atoms with van der Waals surface area (Å²) in [6.07, 6.45) is 9.51. The Morgan fingerprint density at radius 1 is 1.11 bits per heavy atom. The van der Waals surface area contributed by atoms with E-state index in [1.165, 1.54) is 68.4 Å². The molecule has 0 bridgehead atoms. The van der Waals surface area contributed by atoms with E-state index in [-0.39, 0.29) is 0 Å². The molecule has 0 saturated heterocycles. The summed E-state index contributed by atoms with van der Waals surface area (Å²) < 4.78 is 0. The van der Waals surface area contributed by atoms with Crippen molar-refractivity contribution in [3.63, 3.8) is 0 Å². The smallest absolute Gasteiger partial charge is 0.0397 e. The quantitative estimate of drug-likeness (QED) is 0.795. The van der Waals surface area contributed by atoms with E-state index < -0.39 is 0 Å². The monoisotopic (exact) mass is 258 g/mol. The molecule has 0 unspecified atom stereocenters. The number of hydrogen-bond acceptors (Lipinski definition) is 2. The first kappa shape index (κ1) is 12.8. The third-order valence-corrected chi connectivity index (χ3v) is 4.94. The van der Waals surface area contributed by atoms with Gasteiger partial charge in [0.1, 0.15) is 0 Å². The van der Waals surface area contributed by atoms with Crippen LogP contribution < -0.4 is 9.80 Å². The number of aryl methyl sites for hydroxylation is 1. The van der Waals surface area contributed by atoms with Crippen molar-refractivity contribution < 1.29 is 0 Å². The molecule has 0 N–H and O–H groups in total. The van der Waals surface area contributed by atoms with Gasteiger partial charge in [0.15, 0.2) is 0 Å². The number of rotatable bonds is 2. The summed E-state index contributed by atoms with van der Waals surface area (Å²) in [6, 6.07) is 7.82. The second-order valence-electron chi connectivity index (χ2n) is 6.24. The zero-order chi connectivity index (χ0) is 13.2. The lowest BCUT2D eigenvalue weighted by Gasteiger charge is -2.34. The van der Waals surface area contributed by atoms with E-state index >= 15 is 0 Å². The fourth-order valence-corrected chi connectivity index (χ4v) is 3.67. The van der Waals surface area contributed by atoms with Crippen molar-refractivity contribution in [3.8, 4) is 0 Å². The summed E-state index contributed by atoms with van der Waals surface area (Å²) in [5.41, 5.74) is 4.39. The summed E-state index contributed by atoms with van der Waals surface area (Å²) >= 11 is 0. The molecular weight excluding hydrogens is 232 g/mol. The third kappa shape index (κ3) is 2.58. The lowest BCUT2D eigenvalue weighted by atomic mass is 9.93. The van der Waals surface area contributed by atoms with E-state index in [0.717, 1.165) is 6.04 Å². The Hall–Kier alpha value is -1.18. The number of nitrogens with zero attached hydrogens (tertiary/aromatic N) is 2. The molecule has 2 heteroatoms. The van der Waals surface area contributed by atoms with Crippen LogP contribution in [0.3, 0.4) is 0 Å². The van der Waals surface area contributed by atoms with Crippen LogP contribution in [0.5, 0.6) is 0 Å². The molecule has 1 heterocycles. The molecule has 0 amide bonds. The standard InChI is InChI=1S/C17H26N2/c1-18-12-6-7-14-13-16(10-11-17(14)18)19(2)15-8-4-3-5-9-15/h10-11,13,15H,3-9,12H2,1-2H3. The molecule has 0 atom stereocenters. The SMILES string of the molecule is CN1CCCc2cc(N(C)C3CCCCC3)ccc21. The van der Waals surface area contributed by atoms with E-state index in [0.29, 0.717) is 0 Å². The Balaban J connectivity index is 1.81. The molecule has 19 heavy (non-hydrogen) atoms. The number of hydrogen-bond donors (Lipinski definition) is 0. The van der Waals surface area contributed by atoms with E-state index in [2.05, 4.69) is 42.1 Å². The van der Waals surface area contributed by atoms with Gasteiger partial charge in [-0.25, -0.2) is 0 Å². The highest BCUT2D eigenvalue weighted by atomic mass is 15.1.